The predicted molar refractivity (Wildman–Crippen MR) is 73.7 cm³/mol. The summed E-state index contributed by atoms with van der Waals surface area (Å²) in [6.45, 7) is 2.13. The molecule has 0 aromatic rings. The number of amides is 1. The Balaban J connectivity index is 3.85. The van der Waals surface area contributed by atoms with Crippen molar-refractivity contribution in [1.82, 2.24) is 0 Å². The van der Waals surface area contributed by atoms with Crippen molar-refractivity contribution in [2.24, 2.45) is 5.73 Å². The molecule has 116 valence electrons. The zero-order valence-corrected chi connectivity index (χ0v) is 12.0. The van der Waals surface area contributed by atoms with Gasteiger partial charge in [0.05, 0.1) is 6.42 Å². The fourth-order valence-corrected chi connectivity index (χ4v) is 1.96. The van der Waals surface area contributed by atoms with E-state index in [4.69, 9.17) is 0 Å². The van der Waals surface area contributed by atoms with Crippen LogP contribution in [0.15, 0.2) is 0 Å². The van der Waals surface area contributed by atoms with Crippen LogP contribution in [0.5, 0.6) is 0 Å². The molecule has 0 radical (unpaired) electrons. The lowest BCUT2D eigenvalue weighted by molar-refractivity contribution is -0.524. The van der Waals surface area contributed by atoms with Crippen LogP contribution in [0.3, 0.4) is 0 Å². The van der Waals surface area contributed by atoms with Crippen LogP contribution in [0.2, 0.25) is 0 Å². The predicted octanol–water partition coefficient (Wildman–Crippen LogP) is 2.78. The second-order valence-electron chi connectivity index (χ2n) is 4.83. The van der Waals surface area contributed by atoms with E-state index in [1.54, 1.807) is 0 Å². The lowest BCUT2D eigenvalue weighted by Gasteiger charge is -2.08. The molecule has 1 atom stereocenters. The Morgan fingerprint density at radius 1 is 1.15 bits per heavy atom. The first-order chi connectivity index (χ1) is 9.47. The van der Waals surface area contributed by atoms with Crippen molar-refractivity contribution < 1.29 is 19.2 Å². The first kappa shape index (κ1) is 18.3. The van der Waals surface area contributed by atoms with E-state index < -0.39 is 18.1 Å². The fraction of sp³-hybridized carbons (Fsp3) is 0.846. The van der Waals surface area contributed by atoms with Gasteiger partial charge in [0.25, 0.3) is 0 Å². The average molecular weight is 288 g/mol. The number of esters is 1. The third kappa shape index (κ3) is 10.3. The van der Waals surface area contributed by atoms with Gasteiger partial charge in [0.2, 0.25) is 6.04 Å². The summed E-state index contributed by atoms with van der Waals surface area (Å²) in [7, 11) is 0. The molecule has 7 heteroatoms. The van der Waals surface area contributed by atoms with Gasteiger partial charge in [-0.1, -0.05) is 39.0 Å². The Labute approximate surface area is 119 Å². The summed E-state index contributed by atoms with van der Waals surface area (Å²) in [6.07, 6.45) is 5.53. The fourth-order valence-electron chi connectivity index (χ4n) is 1.96. The topological polar surface area (TPSA) is 113 Å². The first-order valence-corrected chi connectivity index (χ1v) is 7.11. The molecule has 0 rings (SSSR count). The van der Waals surface area contributed by atoms with Crippen molar-refractivity contribution in [2.45, 2.75) is 70.8 Å². The lowest BCUT2D eigenvalue weighted by atomic mass is 10.0. The molecule has 0 aliphatic heterocycles. The Morgan fingerprint density at radius 3 is 2.30 bits per heavy atom. The molecule has 7 nitrogen and oxygen atoms in total. The van der Waals surface area contributed by atoms with Crippen LogP contribution in [-0.2, 0) is 9.53 Å². The molecule has 0 bridgehead atoms. The minimum atomic E-state index is -1.18. The molecule has 1 unspecified atom stereocenters. The highest BCUT2D eigenvalue weighted by Crippen LogP contribution is 2.13. The largest absolute Gasteiger partial charge is 0.412 e. The number of nitro groups is 1. The molecular formula is C13H24N2O5. The molecule has 0 fully saturated rings. The molecule has 0 saturated heterocycles. The number of nitrogens with zero attached hydrogens (tertiary/aromatic N) is 1. The maximum Gasteiger partial charge on any atom is 0.412 e. The zero-order valence-electron chi connectivity index (χ0n) is 12.0. The van der Waals surface area contributed by atoms with Gasteiger partial charge in [-0.05, 0) is 6.42 Å². The Bertz CT molecular complexity index is 320. The van der Waals surface area contributed by atoms with Crippen molar-refractivity contribution in [2.75, 3.05) is 0 Å². The summed E-state index contributed by atoms with van der Waals surface area (Å²) in [5, 5.41) is 10.9. The number of unbranched alkanes of at least 4 members (excludes halogenated alkanes) is 5. The number of carbonyl (C=O) groups excluding carboxylic acids is 2. The van der Waals surface area contributed by atoms with Gasteiger partial charge in [-0.2, -0.15) is 0 Å². The molecule has 0 aromatic carbocycles. The third-order valence-corrected chi connectivity index (χ3v) is 3.09. The number of nitrogens with two attached hydrogens (primary N) is 1. The van der Waals surface area contributed by atoms with Crippen LogP contribution >= 0.6 is 0 Å². The Hall–Kier alpha value is -1.66. The second-order valence-corrected chi connectivity index (χ2v) is 4.83. The van der Waals surface area contributed by atoms with E-state index in [0.29, 0.717) is 6.42 Å². The summed E-state index contributed by atoms with van der Waals surface area (Å²) >= 11 is 0. The quantitative estimate of drug-likeness (QED) is 0.206. The van der Waals surface area contributed by atoms with Crippen LogP contribution in [0, 0.1) is 10.1 Å². The van der Waals surface area contributed by atoms with Gasteiger partial charge in [-0.15, -0.1) is 0 Å². The molecule has 0 saturated carbocycles. The highest BCUT2D eigenvalue weighted by atomic mass is 16.6. The van der Waals surface area contributed by atoms with Crippen LogP contribution in [0.25, 0.3) is 0 Å². The summed E-state index contributed by atoms with van der Waals surface area (Å²) in [5.74, 6) is -0.813. The second kappa shape index (κ2) is 11.2. The van der Waals surface area contributed by atoms with E-state index >= 15 is 0 Å². The van der Waals surface area contributed by atoms with E-state index in [-0.39, 0.29) is 17.8 Å². The van der Waals surface area contributed by atoms with Gasteiger partial charge in [0.1, 0.15) is 0 Å². The highest BCUT2D eigenvalue weighted by molar-refractivity contribution is 5.83. The molecule has 0 heterocycles. The van der Waals surface area contributed by atoms with Crippen LogP contribution in [0.1, 0.15) is 64.7 Å². The van der Waals surface area contributed by atoms with Crippen LogP contribution < -0.4 is 5.73 Å². The number of primary amides is 1. The molecule has 20 heavy (non-hydrogen) atoms. The smallest absolute Gasteiger partial charge is 0.376 e. The highest BCUT2D eigenvalue weighted by Gasteiger charge is 2.21. The van der Waals surface area contributed by atoms with Gasteiger partial charge in [-0.3, -0.25) is 14.9 Å². The Kier molecular flexibility index (Phi) is 10.3. The van der Waals surface area contributed by atoms with Crippen molar-refractivity contribution in [3.63, 3.8) is 0 Å². The Morgan fingerprint density at radius 2 is 1.75 bits per heavy atom. The minimum Gasteiger partial charge on any atom is -0.376 e. The SMILES string of the molecule is CCCCCCCCC(CCC(=O)OC(N)=O)[N+](=O)[O-]. The molecule has 0 aromatic heterocycles. The van der Waals surface area contributed by atoms with Gasteiger partial charge >= 0.3 is 12.1 Å². The summed E-state index contributed by atoms with van der Waals surface area (Å²) in [5.41, 5.74) is 4.68. The lowest BCUT2D eigenvalue weighted by Crippen LogP contribution is -2.23. The zero-order chi connectivity index (χ0) is 15.4. The van der Waals surface area contributed by atoms with Gasteiger partial charge in [-0.25, -0.2) is 4.79 Å². The van der Waals surface area contributed by atoms with E-state index in [1.165, 1.54) is 12.8 Å². The molecule has 1 amide bonds. The molecule has 0 aliphatic rings. The third-order valence-electron chi connectivity index (χ3n) is 3.09. The number of ether oxygens (including phenoxy) is 1. The van der Waals surface area contributed by atoms with Gasteiger partial charge in [0, 0.05) is 17.8 Å². The molecule has 0 aliphatic carbocycles. The summed E-state index contributed by atoms with van der Waals surface area (Å²) in [6, 6.07) is -0.762. The van der Waals surface area contributed by atoms with E-state index in [1.807, 2.05) is 0 Å². The van der Waals surface area contributed by atoms with E-state index in [2.05, 4.69) is 17.4 Å². The van der Waals surface area contributed by atoms with E-state index in [0.717, 1.165) is 25.7 Å². The average Bonchev–Trinajstić information content (AvgIpc) is 2.35. The summed E-state index contributed by atoms with van der Waals surface area (Å²) < 4.78 is 4.13. The van der Waals surface area contributed by atoms with E-state index in [9.17, 15) is 19.7 Å². The molecule has 2 N–H and O–H groups in total. The standard InChI is InChI=1S/C13H24N2O5/c1-2-3-4-5-6-7-8-11(15(18)19)9-10-12(16)20-13(14)17/h11H,2-10H2,1H3,(H2,14,17). The van der Waals surface area contributed by atoms with Crippen molar-refractivity contribution in [3.8, 4) is 0 Å². The van der Waals surface area contributed by atoms with Crippen LogP contribution in [-0.4, -0.2) is 23.0 Å². The molecule has 0 spiro atoms. The maximum atomic E-state index is 11.1. The van der Waals surface area contributed by atoms with Crippen molar-refractivity contribution in [1.29, 1.82) is 0 Å². The number of hydrogen-bond donors (Lipinski definition) is 1. The maximum absolute atomic E-state index is 11.1. The monoisotopic (exact) mass is 288 g/mol. The van der Waals surface area contributed by atoms with Crippen molar-refractivity contribution >= 4 is 12.1 Å². The number of rotatable bonds is 11. The number of carbonyl (C=O) groups is 2. The van der Waals surface area contributed by atoms with Crippen LogP contribution in [0.4, 0.5) is 4.79 Å². The number of hydrogen-bond acceptors (Lipinski definition) is 5. The van der Waals surface area contributed by atoms with Gasteiger partial charge in [0.15, 0.2) is 0 Å². The first-order valence-electron chi connectivity index (χ1n) is 7.11. The van der Waals surface area contributed by atoms with Gasteiger partial charge < -0.3 is 10.5 Å². The van der Waals surface area contributed by atoms with Crippen molar-refractivity contribution in [3.05, 3.63) is 10.1 Å². The normalized spacial score (nSPS) is 11.8. The molecular weight excluding hydrogens is 264 g/mol. The minimum absolute atomic E-state index is 0.0775. The summed E-state index contributed by atoms with van der Waals surface area (Å²) in [4.78, 5) is 31.9.